The molecule has 0 saturated carbocycles. The minimum atomic E-state index is 0.173. The van der Waals surface area contributed by atoms with Gasteiger partial charge in [-0.05, 0) is 19.8 Å². The van der Waals surface area contributed by atoms with Crippen LogP contribution in [0.25, 0.3) is 0 Å². The van der Waals surface area contributed by atoms with Crippen molar-refractivity contribution in [2.45, 2.75) is 32.4 Å². The second-order valence-electron chi connectivity index (χ2n) is 5.15. The lowest BCUT2D eigenvalue weighted by molar-refractivity contribution is 0.266. The van der Waals surface area contributed by atoms with Gasteiger partial charge in [-0.25, -0.2) is 15.0 Å². The highest BCUT2D eigenvalue weighted by Gasteiger charge is 2.25. The predicted octanol–water partition coefficient (Wildman–Crippen LogP) is 1.81. The summed E-state index contributed by atoms with van der Waals surface area (Å²) in [6.45, 7) is 3.84. The maximum absolute atomic E-state index is 9.42. The van der Waals surface area contributed by atoms with Crippen molar-refractivity contribution in [1.29, 1.82) is 0 Å². The van der Waals surface area contributed by atoms with Crippen molar-refractivity contribution in [2.75, 3.05) is 23.4 Å². The molecule has 0 bridgehead atoms. The van der Waals surface area contributed by atoms with Crippen LogP contribution in [0.4, 0.5) is 11.6 Å². The number of aliphatic hydroxyl groups excluding tert-OH is 1. The Morgan fingerprint density at radius 3 is 3.10 bits per heavy atom. The molecule has 21 heavy (non-hydrogen) atoms. The van der Waals surface area contributed by atoms with Gasteiger partial charge in [0.1, 0.15) is 18.0 Å². The molecule has 0 spiro atoms. The van der Waals surface area contributed by atoms with Gasteiger partial charge < -0.3 is 15.3 Å². The van der Waals surface area contributed by atoms with Crippen molar-refractivity contribution < 1.29 is 5.11 Å². The average Bonchev–Trinajstić information content (AvgIpc) is 3.14. The number of aryl methyl sites for hydroxylation is 1. The van der Waals surface area contributed by atoms with E-state index in [0.29, 0.717) is 0 Å². The van der Waals surface area contributed by atoms with E-state index in [1.807, 2.05) is 18.5 Å². The first-order valence-electron chi connectivity index (χ1n) is 7.10. The summed E-state index contributed by atoms with van der Waals surface area (Å²) in [5.41, 5.74) is 2.91. The molecule has 1 atom stereocenters. The lowest BCUT2D eigenvalue weighted by Gasteiger charge is -2.24. The van der Waals surface area contributed by atoms with Gasteiger partial charge in [0.2, 0.25) is 0 Å². The zero-order chi connectivity index (χ0) is 14.7. The largest absolute Gasteiger partial charge is 0.394 e. The van der Waals surface area contributed by atoms with Crippen LogP contribution in [0.1, 0.15) is 23.4 Å². The minimum absolute atomic E-state index is 0.173. The molecule has 1 saturated heterocycles. The molecule has 7 heteroatoms. The Bertz CT molecular complexity index is 603. The predicted molar refractivity (Wildman–Crippen MR) is 83.7 cm³/mol. The number of anilines is 2. The Balaban J connectivity index is 1.70. The number of nitrogens with zero attached hydrogens (tertiary/aromatic N) is 4. The zero-order valence-corrected chi connectivity index (χ0v) is 12.8. The third-order valence-corrected chi connectivity index (χ3v) is 4.74. The second kappa shape index (κ2) is 6.36. The monoisotopic (exact) mass is 305 g/mol. The average molecular weight is 305 g/mol. The molecule has 2 N–H and O–H groups in total. The van der Waals surface area contributed by atoms with E-state index in [9.17, 15) is 5.11 Å². The first-order valence-corrected chi connectivity index (χ1v) is 7.98. The number of thiazole rings is 1. The number of aromatic nitrogens is 3. The highest BCUT2D eigenvalue weighted by molar-refractivity contribution is 7.09. The maximum atomic E-state index is 9.42. The highest BCUT2D eigenvalue weighted by Crippen LogP contribution is 2.24. The van der Waals surface area contributed by atoms with Crippen LogP contribution in [0, 0.1) is 6.92 Å². The van der Waals surface area contributed by atoms with E-state index in [2.05, 4.69) is 25.2 Å². The molecule has 1 fully saturated rings. The maximum Gasteiger partial charge on any atom is 0.134 e. The Morgan fingerprint density at radius 2 is 2.33 bits per heavy atom. The standard InChI is InChI=1S/C14H19N5OS/c1-10-12(21-9-18-10)6-15-13-5-14(17-8-16-13)19-4-2-3-11(19)7-20/h5,8-9,11,20H,2-4,6-7H2,1H3,(H,15,16,17). The van der Waals surface area contributed by atoms with E-state index in [4.69, 9.17) is 0 Å². The molecule has 3 rings (SSSR count). The van der Waals surface area contributed by atoms with E-state index in [1.165, 1.54) is 4.88 Å². The number of hydrogen-bond donors (Lipinski definition) is 2. The SMILES string of the molecule is Cc1ncsc1CNc1cc(N2CCCC2CO)ncn1. The quantitative estimate of drug-likeness (QED) is 0.877. The molecule has 112 valence electrons. The van der Waals surface area contributed by atoms with Crippen molar-refractivity contribution in [2.24, 2.45) is 0 Å². The van der Waals surface area contributed by atoms with Crippen LogP contribution in [0.2, 0.25) is 0 Å². The summed E-state index contributed by atoms with van der Waals surface area (Å²) in [5.74, 6) is 1.68. The summed E-state index contributed by atoms with van der Waals surface area (Å²) in [7, 11) is 0. The first-order chi connectivity index (χ1) is 10.3. The normalized spacial score (nSPS) is 18.2. The van der Waals surface area contributed by atoms with E-state index in [0.717, 1.165) is 43.3 Å². The fraction of sp³-hybridized carbons (Fsp3) is 0.500. The van der Waals surface area contributed by atoms with Gasteiger partial charge in [0, 0.05) is 17.5 Å². The lowest BCUT2D eigenvalue weighted by Crippen LogP contribution is -2.32. The molecule has 0 aliphatic carbocycles. The Hall–Kier alpha value is -1.73. The molecule has 6 nitrogen and oxygen atoms in total. The Labute approximate surface area is 127 Å². The van der Waals surface area contributed by atoms with E-state index in [1.54, 1.807) is 17.7 Å². The van der Waals surface area contributed by atoms with Gasteiger partial charge in [0.25, 0.3) is 0 Å². The van der Waals surface area contributed by atoms with Gasteiger partial charge in [0.15, 0.2) is 0 Å². The molecule has 1 unspecified atom stereocenters. The molecule has 1 aliphatic heterocycles. The number of aliphatic hydroxyl groups is 1. The minimum Gasteiger partial charge on any atom is -0.394 e. The summed E-state index contributed by atoms with van der Waals surface area (Å²) >= 11 is 1.64. The van der Waals surface area contributed by atoms with Crippen molar-refractivity contribution >= 4 is 23.0 Å². The molecule has 0 amide bonds. The fourth-order valence-electron chi connectivity index (χ4n) is 2.59. The zero-order valence-electron chi connectivity index (χ0n) is 12.0. The molecular formula is C14H19N5OS. The Kier molecular flexibility index (Phi) is 4.31. The molecule has 3 heterocycles. The van der Waals surface area contributed by atoms with Crippen LogP contribution in [0.3, 0.4) is 0 Å². The van der Waals surface area contributed by atoms with E-state index < -0.39 is 0 Å². The molecule has 2 aromatic heterocycles. The number of hydrogen-bond acceptors (Lipinski definition) is 7. The molecule has 2 aromatic rings. The summed E-state index contributed by atoms with van der Waals surface area (Å²) < 4.78 is 0. The van der Waals surface area contributed by atoms with Crippen molar-refractivity contribution in [3.05, 3.63) is 28.5 Å². The second-order valence-corrected chi connectivity index (χ2v) is 6.09. The molecule has 0 aromatic carbocycles. The van der Waals surface area contributed by atoms with Gasteiger partial charge in [-0.2, -0.15) is 0 Å². The van der Waals surface area contributed by atoms with Crippen molar-refractivity contribution in [1.82, 2.24) is 15.0 Å². The van der Waals surface area contributed by atoms with Gasteiger partial charge in [-0.1, -0.05) is 0 Å². The third-order valence-electron chi connectivity index (χ3n) is 3.81. The smallest absolute Gasteiger partial charge is 0.134 e. The molecular weight excluding hydrogens is 286 g/mol. The van der Waals surface area contributed by atoms with Gasteiger partial charge in [0.05, 0.1) is 30.4 Å². The molecule has 1 aliphatic rings. The number of rotatable bonds is 5. The van der Waals surface area contributed by atoms with Crippen LogP contribution in [0.5, 0.6) is 0 Å². The van der Waals surface area contributed by atoms with Gasteiger partial charge in [-0.3, -0.25) is 0 Å². The summed E-state index contributed by atoms with van der Waals surface area (Å²) in [6, 6.07) is 2.13. The molecule has 0 radical (unpaired) electrons. The van der Waals surface area contributed by atoms with Crippen LogP contribution in [-0.2, 0) is 6.54 Å². The van der Waals surface area contributed by atoms with Crippen LogP contribution < -0.4 is 10.2 Å². The van der Waals surface area contributed by atoms with Gasteiger partial charge >= 0.3 is 0 Å². The van der Waals surface area contributed by atoms with Gasteiger partial charge in [-0.15, -0.1) is 11.3 Å². The van der Waals surface area contributed by atoms with Crippen molar-refractivity contribution in [3.8, 4) is 0 Å². The third kappa shape index (κ3) is 3.14. The topological polar surface area (TPSA) is 74.2 Å². The Morgan fingerprint density at radius 1 is 1.43 bits per heavy atom. The fourth-order valence-corrected chi connectivity index (χ4v) is 3.31. The van der Waals surface area contributed by atoms with Crippen LogP contribution >= 0.6 is 11.3 Å². The van der Waals surface area contributed by atoms with Crippen LogP contribution in [-0.4, -0.2) is 39.3 Å². The van der Waals surface area contributed by atoms with E-state index in [-0.39, 0.29) is 12.6 Å². The first kappa shape index (κ1) is 14.2. The van der Waals surface area contributed by atoms with Crippen LogP contribution in [0.15, 0.2) is 17.9 Å². The van der Waals surface area contributed by atoms with Crippen molar-refractivity contribution in [3.63, 3.8) is 0 Å². The van der Waals surface area contributed by atoms with E-state index >= 15 is 0 Å². The number of nitrogens with one attached hydrogen (secondary N) is 1. The summed E-state index contributed by atoms with van der Waals surface area (Å²) in [6.07, 6.45) is 3.69. The lowest BCUT2D eigenvalue weighted by atomic mass is 10.2. The highest BCUT2D eigenvalue weighted by atomic mass is 32.1. The summed E-state index contributed by atoms with van der Waals surface area (Å²) in [5, 5.41) is 12.7. The summed E-state index contributed by atoms with van der Waals surface area (Å²) in [4.78, 5) is 16.2.